The van der Waals surface area contributed by atoms with Crippen molar-refractivity contribution in [3.05, 3.63) is 65.2 Å². The van der Waals surface area contributed by atoms with E-state index in [4.69, 9.17) is 16.3 Å². The molecule has 0 radical (unpaired) electrons. The lowest BCUT2D eigenvalue weighted by molar-refractivity contribution is -0.147. The molecule has 0 aliphatic carbocycles. The Morgan fingerprint density at radius 3 is 2.45 bits per heavy atom. The van der Waals surface area contributed by atoms with Gasteiger partial charge in [-0.2, -0.15) is 0 Å². The van der Waals surface area contributed by atoms with Crippen molar-refractivity contribution in [1.82, 2.24) is 4.90 Å². The van der Waals surface area contributed by atoms with Gasteiger partial charge in [0.2, 0.25) is 0 Å². The van der Waals surface area contributed by atoms with E-state index in [1.807, 2.05) is 42.5 Å². The van der Waals surface area contributed by atoms with Gasteiger partial charge in [-0.05, 0) is 43.2 Å². The molecule has 0 N–H and O–H groups in total. The molecule has 3 nitrogen and oxygen atoms in total. The summed E-state index contributed by atoms with van der Waals surface area (Å²) in [6.07, 6.45) is 0.837. The van der Waals surface area contributed by atoms with Gasteiger partial charge in [0.15, 0.2) is 0 Å². The van der Waals surface area contributed by atoms with Gasteiger partial charge in [0.1, 0.15) is 11.8 Å². The van der Waals surface area contributed by atoms with Crippen LogP contribution in [0.1, 0.15) is 24.9 Å². The molecule has 1 aliphatic heterocycles. The van der Waals surface area contributed by atoms with E-state index in [-0.39, 0.29) is 18.1 Å². The van der Waals surface area contributed by atoms with Crippen LogP contribution in [-0.4, -0.2) is 23.5 Å². The summed E-state index contributed by atoms with van der Waals surface area (Å²) in [7, 11) is 0. The van der Waals surface area contributed by atoms with Crippen LogP contribution < -0.4 is 4.74 Å². The van der Waals surface area contributed by atoms with Crippen LogP contribution >= 0.6 is 11.6 Å². The third-order valence-electron chi connectivity index (χ3n) is 4.14. The third-order valence-corrected chi connectivity index (χ3v) is 4.40. The number of esters is 1. The first-order valence-corrected chi connectivity index (χ1v) is 7.81. The Balaban J connectivity index is 1.66. The van der Waals surface area contributed by atoms with Gasteiger partial charge < -0.3 is 4.74 Å². The second kappa shape index (κ2) is 6.51. The van der Waals surface area contributed by atoms with Gasteiger partial charge >= 0.3 is 5.97 Å². The van der Waals surface area contributed by atoms with Crippen LogP contribution in [0.3, 0.4) is 0 Å². The SMILES string of the molecule is CC(c1ccc(Cl)cc1)N1CCC1C(=O)Oc1ccccc1. The minimum Gasteiger partial charge on any atom is -0.425 e. The van der Waals surface area contributed by atoms with Crippen LogP contribution in [0.2, 0.25) is 5.02 Å². The largest absolute Gasteiger partial charge is 0.425 e. The Kier molecular flexibility index (Phi) is 4.46. The topological polar surface area (TPSA) is 29.5 Å². The first-order chi connectivity index (χ1) is 10.6. The minimum atomic E-state index is -0.182. The van der Waals surface area contributed by atoms with E-state index in [0.717, 1.165) is 23.6 Å². The predicted molar refractivity (Wildman–Crippen MR) is 87.1 cm³/mol. The average Bonchev–Trinajstić information content (AvgIpc) is 2.47. The lowest BCUT2D eigenvalue weighted by atomic mass is 9.96. The zero-order valence-electron chi connectivity index (χ0n) is 12.4. The van der Waals surface area contributed by atoms with Crippen LogP contribution in [0, 0.1) is 0 Å². The van der Waals surface area contributed by atoms with E-state index in [0.29, 0.717) is 5.75 Å². The number of halogens is 1. The van der Waals surface area contributed by atoms with Crippen molar-refractivity contribution in [3.63, 3.8) is 0 Å². The molecular weight excluding hydrogens is 298 g/mol. The molecule has 0 spiro atoms. The predicted octanol–water partition coefficient (Wildman–Crippen LogP) is 4.08. The lowest BCUT2D eigenvalue weighted by Crippen LogP contribution is -2.54. The zero-order chi connectivity index (χ0) is 15.5. The first kappa shape index (κ1) is 15.1. The van der Waals surface area contributed by atoms with Crippen molar-refractivity contribution < 1.29 is 9.53 Å². The van der Waals surface area contributed by atoms with Crippen molar-refractivity contribution >= 4 is 17.6 Å². The number of hydrogen-bond donors (Lipinski definition) is 0. The summed E-state index contributed by atoms with van der Waals surface area (Å²) in [6, 6.07) is 17.0. The molecule has 0 saturated carbocycles. The molecule has 2 atom stereocenters. The van der Waals surface area contributed by atoms with Crippen LogP contribution in [0.25, 0.3) is 0 Å². The zero-order valence-corrected chi connectivity index (χ0v) is 13.2. The maximum absolute atomic E-state index is 12.3. The normalized spacial score (nSPS) is 19.3. The molecule has 0 amide bonds. The molecule has 2 unspecified atom stereocenters. The fraction of sp³-hybridized carbons (Fsp3) is 0.278. The highest BCUT2D eigenvalue weighted by Crippen LogP contribution is 2.31. The van der Waals surface area contributed by atoms with Gasteiger partial charge in [-0.3, -0.25) is 4.90 Å². The maximum atomic E-state index is 12.3. The molecule has 2 aromatic rings. The van der Waals surface area contributed by atoms with Crippen molar-refractivity contribution in [3.8, 4) is 5.75 Å². The summed E-state index contributed by atoms with van der Waals surface area (Å²) in [5, 5.41) is 0.722. The standard InChI is InChI=1S/C18H18ClNO2/c1-13(14-7-9-15(19)10-8-14)20-12-11-17(20)18(21)22-16-5-3-2-4-6-16/h2-10,13,17H,11-12H2,1H3. The van der Waals surface area contributed by atoms with Gasteiger partial charge in [0.25, 0.3) is 0 Å². The van der Waals surface area contributed by atoms with E-state index >= 15 is 0 Å². The fourth-order valence-electron chi connectivity index (χ4n) is 2.73. The molecular formula is C18H18ClNO2. The lowest BCUT2D eigenvalue weighted by Gasteiger charge is -2.43. The molecule has 1 saturated heterocycles. The van der Waals surface area contributed by atoms with E-state index in [9.17, 15) is 4.79 Å². The highest BCUT2D eigenvalue weighted by molar-refractivity contribution is 6.30. The molecule has 2 aromatic carbocycles. The number of hydrogen-bond acceptors (Lipinski definition) is 3. The molecule has 22 heavy (non-hydrogen) atoms. The number of carbonyl (C=O) groups is 1. The summed E-state index contributed by atoms with van der Waals surface area (Å²) < 4.78 is 5.45. The Hall–Kier alpha value is -1.84. The molecule has 1 fully saturated rings. The second-order valence-electron chi connectivity index (χ2n) is 5.50. The summed E-state index contributed by atoms with van der Waals surface area (Å²) in [6.45, 7) is 3.00. The molecule has 114 valence electrons. The second-order valence-corrected chi connectivity index (χ2v) is 5.94. The Morgan fingerprint density at radius 1 is 1.18 bits per heavy atom. The molecule has 3 rings (SSSR count). The van der Waals surface area contributed by atoms with Crippen LogP contribution in [0.4, 0.5) is 0 Å². The van der Waals surface area contributed by atoms with Crippen molar-refractivity contribution in [2.75, 3.05) is 6.54 Å². The van der Waals surface area contributed by atoms with E-state index in [1.165, 1.54) is 0 Å². The molecule has 1 heterocycles. The highest BCUT2D eigenvalue weighted by atomic mass is 35.5. The summed E-state index contributed by atoms with van der Waals surface area (Å²) in [5.74, 6) is 0.414. The van der Waals surface area contributed by atoms with Crippen molar-refractivity contribution in [1.29, 1.82) is 0 Å². The number of nitrogens with zero attached hydrogens (tertiary/aromatic N) is 1. The van der Waals surface area contributed by atoms with Crippen molar-refractivity contribution in [2.24, 2.45) is 0 Å². The van der Waals surface area contributed by atoms with Gasteiger partial charge in [-0.25, -0.2) is 4.79 Å². The summed E-state index contributed by atoms with van der Waals surface area (Å²) in [4.78, 5) is 14.5. The Labute approximate surface area is 135 Å². The number of likely N-dealkylation sites (tertiary alicyclic amines) is 1. The monoisotopic (exact) mass is 315 g/mol. The number of ether oxygens (including phenoxy) is 1. The van der Waals surface area contributed by atoms with Gasteiger partial charge in [0.05, 0.1) is 0 Å². The Bertz CT molecular complexity index is 642. The fourth-order valence-corrected chi connectivity index (χ4v) is 2.86. The van der Waals surface area contributed by atoms with E-state index in [2.05, 4.69) is 11.8 Å². The molecule has 0 bridgehead atoms. The number of rotatable bonds is 4. The maximum Gasteiger partial charge on any atom is 0.328 e. The quantitative estimate of drug-likeness (QED) is 0.629. The minimum absolute atomic E-state index is 0.166. The van der Waals surface area contributed by atoms with Gasteiger partial charge in [-0.15, -0.1) is 0 Å². The van der Waals surface area contributed by atoms with E-state index in [1.54, 1.807) is 12.1 Å². The Morgan fingerprint density at radius 2 is 1.86 bits per heavy atom. The van der Waals surface area contributed by atoms with E-state index < -0.39 is 0 Å². The number of benzene rings is 2. The van der Waals surface area contributed by atoms with Gasteiger partial charge in [0, 0.05) is 17.6 Å². The van der Waals surface area contributed by atoms with Crippen LogP contribution in [0.5, 0.6) is 5.75 Å². The first-order valence-electron chi connectivity index (χ1n) is 7.43. The van der Waals surface area contributed by atoms with Crippen LogP contribution in [0.15, 0.2) is 54.6 Å². The third kappa shape index (κ3) is 3.16. The number of carbonyl (C=O) groups excluding carboxylic acids is 1. The summed E-state index contributed by atoms with van der Waals surface area (Å²) >= 11 is 5.93. The van der Waals surface area contributed by atoms with Crippen LogP contribution in [-0.2, 0) is 4.79 Å². The molecule has 1 aliphatic rings. The smallest absolute Gasteiger partial charge is 0.328 e. The highest BCUT2D eigenvalue weighted by Gasteiger charge is 2.38. The van der Waals surface area contributed by atoms with Crippen molar-refractivity contribution in [2.45, 2.75) is 25.4 Å². The molecule has 4 heteroatoms. The van der Waals surface area contributed by atoms with Gasteiger partial charge in [-0.1, -0.05) is 41.9 Å². The number of para-hydroxylation sites is 1. The molecule has 0 aromatic heterocycles. The summed E-state index contributed by atoms with van der Waals surface area (Å²) in [5.41, 5.74) is 1.15. The average molecular weight is 316 g/mol.